The maximum absolute atomic E-state index is 12.8. The van der Waals surface area contributed by atoms with Crippen LogP contribution >= 0.6 is 0 Å². The molecule has 0 saturated heterocycles. The van der Waals surface area contributed by atoms with Gasteiger partial charge in [-0.2, -0.15) is 48.3 Å². The molecule has 0 rings (SSSR count). The van der Waals surface area contributed by atoms with Crippen LogP contribution in [0.3, 0.4) is 0 Å². The molecule has 0 unspecified atom stereocenters. The van der Waals surface area contributed by atoms with Crippen LogP contribution in [-0.2, 0) is 4.74 Å². The van der Waals surface area contributed by atoms with Crippen molar-refractivity contribution < 1.29 is 53.0 Å². The first kappa shape index (κ1) is 19.9. The number of halogens is 11. The molecule has 0 atom stereocenters. The molecule has 0 bridgehead atoms. The van der Waals surface area contributed by atoms with Gasteiger partial charge in [-0.1, -0.05) is 6.08 Å². The van der Waals surface area contributed by atoms with Crippen molar-refractivity contribution in [1.82, 2.24) is 0 Å². The lowest BCUT2D eigenvalue weighted by Gasteiger charge is -2.37. The summed E-state index contributed by atoms with van der Waals surface area (Å²) in [5.74, 6) is -27.8. The fraction of sp³-hybridized carbons (Fsp3) is 0.778. The van der Waals surface area contributed by atoms with Crippen LogP contribution in [0.4, 0.5) is 48.3 Å². The summed E-state index contributed by atoms with van der Waals surface area (Å²) in [7, 11) is 0. The first-order chi connectivity index (χ1) is 9.06. The Bertz CT molecular complexity index is 370. The third kappa shape index (κ3) is 3.24. The molecule has 0 spiro atoms. The molecule has 1 nitrogen and oxygen atoms in total. The van der Waals surface area contributed by atoms with E-state index in [9.17, 15) is 48.3 Å². The van der Waals surface area contributed by atoms with E-state index in [1.54, 1.807) is 0 Å². The minimum absolute atomic E-state index is 0.733. The normalized spacial score (nSPS) is 15.2. The monoisotopic (exact) mass is 340 g/mol. The lowest BCUT2D eigenvalue weighted by Crippen LogP contribution is -2.67. The fourth-order valence-electron chi connectivity index (χ4n) is 0.966. The Labute approximate surface area is 110 Å². The van der Waals surface area contributed by atoms with E-state index >= 15 is 0 Å². The van der Waals surface area contributed by atoms with Crippen molar-refractivity contribution in [2.75, 3.05) is 13.2 Å². The van der Waals surface area contributed by atoms with Gasteiger partial charge in [-0.3, -0.25) is 0 Å². The minimum Gasteiger partial charge on any atom is -0.371 e. The molecule has 0 fully saturated rings. The quantitative estimate of drug-likeness (QED) is 0.382. The zero-order chi connectivity index (χ0) is 17.3. The molecule has 0 aromatic rings. The number of rotatable bonds is 7. The van der Waals surface area contributed by atoms with Gasteiger partial charge in [-0.25, -0.2) is 0 Å². The molecule has 0 saturated carbocycles. The Morgan fingerprint density at radius 3 is 1.48 bits per heavy atom. The maximum Gasteiger partial charge on any atom is 0.460 e. The molecule has 12 heteroatoms. The topological polar surface area (TPSA) is 9.23 Å². The molecule has 0 aliphatic carbocycles. The van der Waals surface area contributed by atoms with E-state index in [-0.39, 0.29) is 0 Å². The molecular weight excluding hydrogens is 333 g/mol. The van der Waals surface area contributed by atoms with Gasteiger partial charge in [-0.05, 0) is 0 Å². The molecule has 0 N–H and O–H groups in total. The van der Waals surface area contributed by atoms with Gasteiger partial charge in [-0.15, -0.1) is 6.58 Å². The van der Waals surface area contributed by atoms with Crippen molar-refractivity contribution in [2.24, 2.45) is 0 Å². The second kappa shape index (κ2) is 5.61. The molecule has 0 aliphatic heterocycles. The standard InChI is InChI=1S/C9H7F11O/c1-2-3-21-4-5(10,11)6(12,13)7(14,15)8(16,17)9(18,19)20/h2H,1,3-4H2. The molecule has 0 aromatic heterocycles. The summed E-state index contributed by atoms with van der Waals surface area (Å²) in [5, 5.41) is 0. The smallest absolute Gasteiger partial charge is 0.371 e. The summed E-state index contributed by atoms with van der Waals surface area (Å²) in [6.45, 7) is -0.456. The SMILES string of the molecule is C=CCOCC(F)(F)C(F)(F)C(F)(F)C(F)(F)C(F)(F)F. The second-order valence-electron chi connectivity index (χ2n) is 3.73. The second-order valence-corrected chi connectivity index (χ2v) is 3.73. The third-order valence-electron chi connectivity index (χ3n) is 2.12. The summed E-state index contributed by atoms with van der Waals surface area (Å²) in [5.41, 5.74) is 0. The van der Waals surface area contributed by atoms with Gasteiger partial charge in [0.15, 0.2) is 0 Å². The average Bonchev–Trinajstić information content (AvgIpc) is 2.26. The highest BCUT2D eigenvalue weighted by molar-refractivity contribution is 5.06. The van der Waals surface area contributed by atoms with Gasteiger partial charge in [0.25, 0.3) is 0 Å². The predicted molar refractivity (Wildman–Crippen MR) is 46.9 cm³/mol. The van der Waals surface area contributed by atoms with Crippen LogP contribution in [0.5, 0.6) is 0 Å². The highest BCUT2D eigenvalue weighted by Crippen LogP contribution is 2.57. The summed E-state index contributed by atoms with van der Waals surface area (Å²) in [6, 6.07) is 0. The van der Waals surface area contributed by atoms with E-state index in [1.165, 1.54) is 0 Å². The molecule has 0 radical (unpaired) electrons. The molecular formula is C9H7F11O. The third-order valence-corrected chi connectivity index (χ3v) is 2.12. The molecule has 126 valence electrons. The van der Waals surface area contributed by atoms with Crippen LogP contribution in [0.25, 0.3) is 0 Å². The van der Waals surface area contributed by atoms with Gasteiger partial charge in [0.2, 0.25) is 0 Å². The highest BCUT2D eigenvalue weighted by Gasteiger charge is 2.87. The molecule has 0 heterocycles. The van der Waals surface area contributed by atoms with E-state index < -0.39 is 43.1 Å². The van der Waals surface area contributed by atoms with Gasteiger partial charge >= 0.3 is 29.9 Å². The average molecular weight is 340 g/mol. The molecule has 21 heavy (non-hydrogen) atoms. The van der Waals surface area contributed by atoms with Crippen molar-refractivity contribution in [1.29, 1.82) is 0 Å². The fourth-order valence-corrected chi connectivity index (χ4v) is 0.966. The Morgan fingerprint density at radius 1 is 0.714 bits per heavy atom. The highest BCUT2D eigenvalue weighted by atomic mass is 19.4. The summed E-state index contributed by atoms with van der Waals surface area (Å²) in [6.07, 6.45) is -6.42. The van der Waals surface area contributed by atoms with Gasteiger partial charge < -0.3 is 4.74 Å². The van der Waals surface area contributed by atoms with Crippen LogP contribution in [0.1, 0.15) is 0 Å². The lowest BCUT2D eigenvalue weighted by atomic mass is 9.98. The first-order valence-corrected chi connectivity index (χ1v) is 4.83. The zero-order valence-electron chi connectivity index (χ0n) is 9.76. The molecule has 0 aromatic carbocycles. The Morgan fingerprint density at radius 2 is 1.14 bits per heavy atom. The van der Waals surface area contributed by atoms with E-state index in [4.69, 9.17) is 0 Å². The van der Waals surface area contributed by atoms with E-state index in [2.05, 4.69) is 11.3 Å². The van der Waals surface area contributed by atoms with E-state index in [1.807, 2.05) is 0 Å². The van der Waals surface area contributed by atoms with Crippen LogP contribution in [0.15, 0.2) is 12.7 Å². The van der Waals surface area contributed by atoms with E-state index in [0.29, 0.717) is 0 Å². The summed E-state index contributed by atoms with van der Waals surface area (Å²) >= 11 is 0. The van der Waals surface area contributed by atoms with Crippen LogP contribution < -0.4 is 0 Å². The van der Waals surface area contributed by atoms with Gasteiger partial charge in [0.1, 0.15) is 6.61 Å². The first-order valence-electron chi connectivity index (χ1n) is 4.83. The Kier molecular flexibility index (Phi) is 5.33. The van der Waals surface area contributed by atoms with Crippen LogP contribution in [-0.4, -0.2) is 43.1 Å². The zero-order valence-corrected chi connectivity index (χ0v) is 9.76. The molecule has 0 amide bonds. The van der Waals surface area contributed by atoms with Gasteiger partial charge in [0, 0.05) is 0 Å². The minimum atomic E-state index is -7.39. The number of ether oxygens (including phenoxy) is 1. The number of hydrogen-bond donors (Lipinski definition) is 0. The van der Waals surface area contributed by atoms with Crippen molar-refractivity contribution >= 4 is 0 Å². The Hall–Kier alpha value is -1.07. The largest absolute Gasteiger partial charge is 0.460 e. The van der Waals surface area contributed by atoms with Crippen LogP contribution in [0, 0.1) is 0 Å². The lowest BCUT2D eigenvalue weighted by molar-refractivity contribution is -0.424. The van der Waals surface area contributed by atoms with Crippen molar-refractivity contribution in [2.45, 2.75) is 29.9 Å². The Balaban J connectivity index is 5.60. The van der Waals surface area contributed by atoms with Crippen molar-refractivity contribution in [3.05, 3.63) is 12.7 Å². The van der Waals surface area contributed by atoms with Crippen molar-refractivity contribution in [3.8, 4) is 0 Å². The predicted octanol–water partition coefficient (Wildman–Crippen LogP) is 4.29. The molecule has 0 aliphatic rings. The summed E-state index contributed by atoms with van der Waals surface area (Å²) in [4.78, 5) is 0. The summed E-state index contributed by atoms with van der Waals surface area (Å²) < 4.78 is 140. The number of hydrogen-bond acceptors (Lipinski definition) is 1. The van der Waals surface area contributed by atoms with Crippen molar-refractivity contribution in [3.63, 3.8) is 0 Å². The van der Waals surface area contributed by atoms with Gasteiger partial charge in [0.05, 0.1) is 6.61 Å². The number of alkyl halides is 11. The van der Waals surface area contributed by atoms with E-state index in [0.717, 1.165) is 6.08 Å². The maximum atomic E-state index is 12.8. The van der Waals surface area contributed by atoms with Crippen LogP contribution in [0.2, 0.25) is 0 Å².